The minimum Gasteiger partial charge on any atom is -0.437 e. The van der Waals surface area contributed by atoms with E-state index in [1.54, 1.807) is 6.33 Å². The largest absolute Gasteiger partial charge is 0.437 e. The Morgan fingerprint density at radius 2 is 1.52 bits per heavy atom. The molecule has 8 heteroatoms. The molecule has 8 nitrogen and oxygen atoms in total. The molecule has 0 saturated heterocycles. The van der Waals surface area contributed by atoms with Gasteiger partial charge in [0.15, 0.2) is 11.5 Å². The lowest BCUT2D eigenvalue weighted by molar-refractivity contribution is 0.467. The van der Waals surface area contributed by atoms with Gasteiger partial charge in [0.05, 0.1) is 6.33 Å². The molecule has 0 radical (unpaired) electrons. The first kappa shape index (κ1) is 18.9. The summed E-state index contributed by atoms with van der Waals surface area (Å²) < 4.78 is 5.91. The van der Waals surface area contributed by atoms with E-state index in [0.717, 1.165) is 27.7 Å². The molecular formula is C25H17N7O. The molecule has 0 saturated carbocycles. The molecule has 33 heavy (non-hydrogen) atoms. The highest BCUT2D eigenvalue weighted by Crippen LogP contribution is 2.32. The summed E-state index contributed by atoms with van der Waals surface area (Å²) in [5, 5.41) is 14.4. The van der Waals surface area contributed by atoms with Gasteiger partial charge in [-0.25, -0.2) is 9.97 Å². The smallest absolute Gasteiger partial charge is 0.248 e. The second-order valence-electron chi connectivity index (χ2n) is 7.34. The maximum Gasteiger partial charge on any atom is 0.248 e. The number of anilines is 2. The Labute approximate surface area is 188 Å². The van der Waals surface area contributed by atoms with Gasteiger partial charge in [-0.15, -0.1) is 10.2 Å². The molecule has 158 valence electrons. The van der Waals surface area contributed by atoms with Crippen molar-refractivity contribution < 1.29 is 4.74 Å². The number of aromatic nitrogens is 6. The van der Waals surface area contributed by atoms with Gasteiger partial charge in [-0.2, -0.15) is 4.98 Å². The molecule has 6 rings (SSSR count). The highest BCUT2D eigenvalue weighted by molar-refractivity contribution is 6.00. The zero-order valence-electron chi connectivity index (χ0n) is 17.3. The van der Waals surface area contributed by atoms with Gasteiger partial charge in [0.1, 0.15) is 23.3 Å². The van der Waals surface area contributed by atoms with E-state index in [2.05, 4.69) is 41.5 Å². The van der Waals surface area contributed by atoms with Crippen molar-refractivity contribution in [3.05, 3.63) is 91.5 Å². The molecule has 0 unspecified atom stereocenters. The number of rotatable bonds is 5. The summed E-state index contributed by atoms with van der Waals surface area (Å²) in [6.07, 6.45) is 2.99. The van der Waals surface area contributed by atoms with Crippen molar-refractivity contribution in [2.24, 2.45) is 0 Å². The number of benzene rings is 3. The molecule has 0 aliphatic carbocycles. The fourth-order valence-corrected chi connectivity index (χ4v) is 3.68. The molecule has 2 N–H and O–H groups in total. The summed E-state index contributed by atoms with van der Waals surface area (Å²) in [6, 6.07) is 25.7. The van der Waals surface area contributed by atoms with Gasteiger partial charge in [-0.05, 0) is 24.3 Å². The zero-order valence-corrected chi connectivity index (χ0v) is 17.3. The predicted octanol–water partition coefficient (Wildman–Crippen LogP) is 5.50. The van der Waals surface area contributed by atoms with Gasteiger partial charge in [0.25, 0.3) is 0 Å². The van der Waals surface area contributed by atoms with Crippen LogP contribution < -0.4 is 10.1 Å². The number of imidazole rings is 1. The molecule has 0 spiro atoms. The summed E-state index contributed by atoms with van der Waals surface area (Å²) in [7, 11) is 0. The van der Waals surface area contributed by atoms with Gasteiger partial charge in [-0.1, -0.05) is 54.6 Å². The number of H-pyrrole nitrogens is 1. The van der Waals surface area contributed by atoms with E-state index >= 15 is 0 Å². The monoisotopic (exact) mass is 431 g/mol. The van der Waals surface area contributed by atoms with Crippen molar-refractivity contribution in [1.82, 2.24) is 30.1 Å². The molecule has 0 aliphatic heterocycles. The van der Waals surface area contributed by atoms with E-state index in [1.807, 2.05) is 72.8 Å². The average Bonchev–Trinajstić information content (AvgIpc) is 3.36. The van der Waals surface area contributed by atoms with Crippen molar-refractivity contribution in [3.63, 3.8) is 0 Å². The number of hydrogen-bond donors (Lipinski definition) is 2. The van der Waals surface area contributed by atoms with Crippen molar-refractivity contribution in [3.8, 4) is 22.9 Å². The number of nitrogens with one attached hydrogen (secondary N) is 2. The number of ether oxygens (including phenoxy) is 1. The normalized spacial score (nSPS) is 11.0. The topological polar surface area (TPSA) is 102 Å². The third-order valence-corrected chi connectivity index (χ3v) is 5.25. The molecule has 3 heterocycles. The Kier molecular flexibility index (Phi) is 4.58. The highest BCUT2D eigenvalue weighted by atomic mass is 16.5. The Morgan fingerprint density at radius 3 is 2.36 bits per heavy atom. The van der Waals surface area contributed by atoms with E-state index < -0.39 is 0 Å². The molecule has 0 atom stereocenters. The highest BCUT2D eigenvalue weighted by Gasteiger charge is 2.12. The summed E-state index contributed by atoms with van der Waals surface area (Å²) in [6.45, 7) is 0. The summed E-state index contributed by atoms with van der Waals surface area (Å²) >= 11 is 0. The number of aromatic amines is 1. The summed E-state index contributed by atoms with van der Waals surface area (Å²) in [5.41, 5.74) is 3.96. The average molecular weight is 431 g/mol. The molecule has 3 aromatic heterocycles. The van der Waals surface area contributed by atoms with Gasteiger partial charge in [0, 0.05) is 22.0 Å². The molecule has 0 fully saturated rings. The lowest BCUT2D eigenvalue weighted by Gasteiger charge is -2.12. The molecule has 0 bridgehead atoms. The SMILES string of the molecule is c1ccc(-c2nnc(Nc3ccc(Oc4ncnc5nc[nH]c45)cc3)c3ccccc23)cc1. The van der Waals surface area contributed by atoms with Crippen LogP contribution in [-0.2, 0) is 0 Å². The molecule has 0 aliphatic rings. The minimum atomic E-state index is 0.423. The third kappa shape index (κ3) is 3.59. The second-order valence-corrected chi connectivity index (χ2v) is 7.34. The summed E-state index contributed by atoms with van der Waals surface area (Å²) in [4.78, 5) is 15.4. The van der Waals surface area contributed by atoms with E-state index in [9.17, 15) is 0 Å². The van der Waals surface area contributed by atoms with Crippen molar-refractivity contribution in [2.45, 2.75) is 0 Å². The van der Waals surface area contributed by atoms with E-state index in [0.29, 0.717) is 28.6 Å². The van der Waals surface area contributed by atoms with Crippen LogP contribution in [0.1, 0.15) is 0 Å². The van der Waals surface area contributed by atoms with Gasteiger partial charge in [0.2, 0.25) is 5.88 Å². The molecule has 0 amide bonds. The lowest BCUT2D eigenvalue weighted by Crippen LogP contribution is -1.99. The van der Waals surface area contributed by atoms with Crippen LogP contribution >= 0.6 is 0 Å². The van der Waals surface area contributed by atoms with Gasteiger partial charge < -0.3 is 15.0 Å². The fourth-order valence-electron chi connectivity index (χ4n) is 3.68. The Bertz CT molecular complexity index is 1560. The first-order valence-corrected chi connectivity index (χ1v) is 10.3. The molecule has 3 aromatic carbocycles. The Morgan fingerprint density at radius 1 is 0.727 bits per heavy atom. The van der Waals surface area contributed by atoms with Gasteiger partial charge >= 0.3 is 0 Å². The minimum absolute atomic E-state index is 0.423. The van der Waals surface area contributed by atoms with E-state index in [4.69, 9.17) is 4.74 Å². The van der Waals surface area contributed by atoms with Crippen LogP contribution in [0.2, 0.25) is 0 Å². The first-order chi connectivity index (χ1) is 16.3. The number of nitrogens with zero attached hydrogens (tertiary/aromatic N) is 5. The molecular weight excluding hydrogens is 414 g/mol. The van der Waals surface area contributed by atoms with Crippen molar-refractivity contribution in [1.29, 1.82) is 0 Å². The fraction of sp³-hybridized carbons (Fsp3) is 0. The predicted molar refractivity (Wildman–Crippen MR) is 126 cm³/mol. The maximum atomic E-state index is 5.91. The van der Waals surface area contributed by atoms with Crippen LogP contribution in [0.25, 0.3) is 33.2 Å². The van der Waals surface area contributed by atoms with Crippen LogP contribution in [0, 0.1) is 0 Å². The zero-order chi connectivity index (χ0) is 22.0. The quantitative estimate of drug-likeness (QED) is 0.372. The Hall–Kier alpha value is -4.85. The van der Waals surface area contributed by atoms with Crippen molar-refractivity contribution >= 4 is 33.4 Å². The van der Waals surface area contributed by atoms with E-state index in [-0.39, 0.29) is 0 Å². The lowest BCUT2D eigenvalue weighted by atomic mass is 10.0. The third-order valence-electron chi connectivity index (χ3n) is 5.25. The standard InChI is InChI=1S/C25H17N7O/c1-2-6-16(7-3-1)21-19-8-4-5-9-20(19)23(32-31-21)30-17-10-12-18(13-11-17)33-25-22-24(27-14-26-22)28-15-29-25/h1-15H,(H,30,32)(H,26,27,28,29). The van der Waals surface area contributed by atoms with Crippen LogP contribution in [0.15, 0.2) is 91.5 Å². The van der Waals surface area contributed by atoms with Gasteiger partial charge in [-0.3, -0.25) is 0 Å². The van der Waals surface area contributed by atoms with Crippen LogP contribution in [0.4, 0.5) is 11.5 Å². The Balaban J connectivity index is 1.28. The maximum absolute atomic E-state index is 5.91. The van der Waals surface area contributed by atoms with Crippen molar-refractivity contribution in [2.75, 3.05) is 5.32 Å². The summed E-state index contributed by atoms with van der Waals surface area (Å²) in [5.74, 6) is 1.76. The number of hydrogen-bond acceptors (Lipinski definition) is 7. The second kappa shape index (κ2) is 8.01. The first-order valence-electron chi connectivity index (χ1n) is 10.3. The van der Waals surface area contributed by atoms with Crippen LogP contribution in [-0.4, -0.2) is 30.1 Å². The van der Waals surface area contributed by atoms with Crippen LogP contribution in [0.3, 0.4) is 0 Å². The molecule has 6 aromatic rings. The van der Waals surface area contributed by atoms with E-state index in [1.165, 1.54) is 6.33 Å². The number of fused-ring (bicyclic) bond motifs is 2. The van der Waals surface area contributed by atoms with Crippen LogP contribution in [0.5, 0.6) is 11.6 Å².